The Morgan fingerprint density at radius 3 is 2.67 bits per heavy atom. The zero-order chi connectivity index (χ0) is 7.11. The molecule has 0 aliphatic rings. The van der Waals surface area contributed by atoms with Gasteiger partial charge in [-0.15, -0.1) is 5.92 Å². The lowest BCUT2D eigenvalue weighted by molar-refractivity contribution is -0.116. The lowest BCUT2D eigenvalue weighted by atomic mass is 10.2. The molecule has 0 radical (unpaired) electrons. The van der Waals surface area contributed by atoms with Crippen LogP contribution in [0.5, 0.6) is 0 Å². The van der Waals surface area contributed by atoms with Gasteiger partial charge in [0, 0.05) is 12.8 Å². The van der Waals surface area contributed by atoms with Gasteiger partial charge in [0.2, 0.25) is 0 Å². The minimum atomic E-state index is 0.198. The highest BCUT2D eigenvalue weighted by Gasteiger charge is 1.86. The van der Waals surface area contributed by atoms with Crippen LogP contribution in [0.4, 0.5) is 0 Å². The first-order chi connectivity index (χ1) is 4.27. The van der Waals surface area contributed by atoms with Crippen molar-refractivity contribution in [1.29, 1.82) is 0 Å². The number of carbonyl (C=O) groups is 1. The molecule has 0 aliphatic heterocycles. The third kappa shape index (κ3) is 7.58. The molecule has 2 heteroatoms. The van der Waals surface area contributed by atoms with Gasteiger partial charge in [-0.3, -0.25) is 4.79 Å². The molecule has 0 aliphatic carbocycles. The fourth-order valence-electron chi connectivity index (χ4n) is 0.383. The van der Waals surface area contributed by atoms with Crippen molar-refractivity contribution in [3.05, 3.63) is 0 Å². The Kier molecular flexibility index (Phi) is 5.45. The monoisotopic (exact) mass is 142 g/mol. The summed E-state index contributed by atoms with van der Waals surface area (Å²) < 4.78 is 0. The summed E-state index contributed by atoms with van der Waals surface area (Å²) in [7, 11) is 0. The lowest BCUT2D eigenvalue weighted by Crippen LogP contribution is -1.86. The molecule has 0 amide bonds. The van der Waals surface area contributed by atoms with Crippen LogP contribution in [0, 0.1) is 11.8 Å². The van der Waals surface area contributed by atoms with Crippen LogP contribution >= 0.6 is 12.6 Å². The topological polar surface area (TPSA) is 17.1 Å². The van der Waals surface area contributed by atoms with E-state index < -0.39 is 0 Å². The lowest BCUT2D eigenvalue weighted by Gasteiger charge is -1.82. The van der Waals surface area contributed by atoms with E-state index >= 15 is 0 Å². The summed E-state index contributed by atoms with van der Waals surface area (Å²) in [6.45, 7) is 1.57. The molecule has 9 heavy (non-hydrogen) atoms. The number of Topliss-reactive ketones (excluding diaryl/α,β-unsaturated/α-hetero) is 1. The van der Waals surface area contributed by atoms with E-state index in [0.717, 1.165) is 0 Å². The van der Waals surface area contributed by atoms with Gasteiger partial charge in [0.15, 0.2) is 0 Å². The van der Waals surface area contributed by atoms with E-state index in [1.165, 1.54) is 0 Å². The van der Waals surface area contributed by atoms with Crippen LogP contribution in [-0.2, 0) is 4.79 Å². The van der Waals surface area contributed by atoms with Gasteiger partial charge < -0.3 is 0 Å². The molecule has 0 spiro atoms. The summed E-state index contributed by atoms with van der Waals surface area (Å²) in [5, 5.41) is 0. The first kappa shape index (κ1) is 8.58. The van der Waals surface area contributed by atoms with Gasteiger partial charge in [0.05, 0.1) is 5.75 Å². The molecular weight excluding hydrogens is 132 g/mol. The Hall–Kier alpha value is -0.420. The Labute approximate surface area is 61.2 Å². The summed E-state index contributed by atoms with van der Waals surface area (Å²) >= 11 is 3.89. The molecule has 1 nitrogen and oxygen atoms in total. The van der Waals surface area contributed by atoms with Crippen LogP contribution in [0.2, 0.25) is 0 Å². The number of rotatable bonds is 2. The smallest absolute Gasteiger partial charge is 0.130 e. The average Bonchev–Trinajstić information content (AvgIpc) is 1.80. The SMILES string of the molecule is CC(=O)CCC#CCS. The molecule has 0 aromatic rings. The zero-order valence-corrected chi connectivity index (χ0v) is 6.37. The van der Waals surface area contributed by atoms with Crippen LogP contribution in [0.25, 0.3) is 0 Å². The molecule has 0 saturated heterocycles. The highest BCUT2D eigenvalue weighted by molar-refractivity contribution is 7.80. The number of carbonyl (C=O) groups excluding carboxylic acids is 1. The highest BCUT2D eigenvalue weighted by Crippen LogP contribution is 1.86. The molecule has 0 rings (SSSR count). The Morgan fingerprint density at radius 1 is 1.56 bits per heavy atom. The standard InChI is InChI=1S/C7H10OS/c1-7(8)5-3-2-4-6-9/h9H,3,5-6H2,1H3. The zero-order valence-electron chi connectivity index (χ0n) is 5.48. The Bertz CT molecular complexity index is 141. The highest BCUT2D eigenvalue weighted by atomic mass is 32.1. The Morgan fingerprint density at radius 2 is 2.22 bits per heavy atom. The van der Waals surface area contributed by atoms with Crippen LogP contribution in [0.15, 0.2) is 0 Å². The quantitative estimate of drug-likeness (QED) is 0.454. The van der Waals surface area contributed by atoms with Crippen molar-refractivity contribution in [3.63, 3.8) is 0 Å². The number of hydrogen-bond acceptors (Lipinski definition) is 2. The molecule has 0 aromatic heterocycles. The number of ketones is 1. The summed E-state index contributed by atoms with van der Waals surface area (Å²) in [5.74, 6) is 6.36. The van der Waals surface area contributed by atoms with E-state index in [1.807, 2.05) is 0 Å². The average molecular weight is 142 g/mol. The third-order valence-corrected chi connectivity index (χ3v) is 0.964. The van der Waals surface area contributed by atoms with Gasteiger partial charge in [0.25, 0.3) is 0 Å². The second-order valence-corrected chi connectivity index (χ2v) is 2.03. The molecule has 0 atom stereocenters. The molecule has 0 fully saturated rings. The van der Waals surface area contributed by atoms with Crippen LogP contribution < -0.4 is 0 Å². The van der Waals surface area contributed by atoms with E-state index in [0.29, 0.717) is 18.6 Å². The predicted octanol–water partition coefficient (Wildman–Crippen LogP) is 1.29. The number of hydrogen-bond donors (Lipinski definition) is 1. The van der Waals surface area contributed by atoms with Gasteiger partial charge in [0.1, 0.15) is 5.78 Å². The minimum Gasteiger partial charge on any atom is -0.300 e. The summed E-state index contributed by atoms with van der Waals surface area (Å²) in [4.78, 5) is 10.3. The summed E-state index contributed by atoms with van der Waals surface area (Å²) in [6.07, 6.45) is 1.25. The van der Waals surface area contributed by atoms with Gasteiger partial charge in [-0.05, 0) is 6.92 Å². The minimum absolute atomic E-state index is 0.198. The first-order valence-electron chi connectivity index (χ1n) is 2.83. The molecule has 0 N–H and O–H groups in total. The molecule has 0 bridgehead atoms. The summed E-state index contributed by atoms with van der Waals surface area (Å²) in [5.41, 5.74) is 0. The van der Waals surface area contributed by atoms with Gasteiger partial charge in [-0.1, -0.05) is 5.92 Å². The van der Waals surface area contributed by atoms with Crippen LogP contribution in [-0.4, -0.2) is 11.5 Å². The van der Waals surface area contributed by atoms with Crippen molar-refractivity contribution in [1.82, 2.24) is 0 Å². The first-order valence-corrected chi connectivity index (χ1v) is 3.46. The van der Waals surface area contributed by atoms with E-state index in [1.54, 1.807) is 6.92 Å². The van der Waals surface area contributed by atoms with E-state index in [-0.39, 0.29) is 5.78 Å². The summed E-state index contributed by atoms with van der Waals surface area (Å²) in [6, 6.07) is 0. The predicted molar refractivity (Wildman–Crippen MR) is 41.5 cm³/mol. The van der Waals surface area contributed by atoms with Crippen molar-refractivity contribution < 1.29 is 4.79 Å². The largest absolute Gasteiger partial charge is 0.300 e. The molecule has 0 unspecified atom stereocenters. The van der Waals surface area contributed by atoms with Crippen molar-refractivity contribution in [2.24, 2.45) is 0 Å². The maximum Gasteiger partial charge on any atom is 0.130 e. The molecule has 50 valence electrons. The van der Waals surface area contributed by atoms with Crippen LogP contribution in [0.3, 0.4) is 0 Å². The molecule has 0 aromatic carbocycles. The fraction of sp³-hybridized carbons (Fsp3) is 0.571. The third-order valence-electron chi connectivity index (χ3n) is 0.806. The maximum atomic E-state index is 10.3. The van der Waals surface area contributed by atoms with Gasteiger partial charge >= 0.3 is 0 Å². The molecular formula is C7H10OS. The van der Waals surface area contributed by atoms with E-state index in [9.17, 15) is 4.79 Å². The molecule has 0 saturated carbocycles. The molecule has 0 heterocycles. The number of thiol groups is 1. The van der Waals surface area contributed by atoms with Crippen molar-refractivity contribution in [2.75, 3.05) is 5.75 Å². The maximum absolute atomic E-state index is 10.3. The normalized spacial score (nSPS) is 7.78. The van der Waals surface area contributed by atoms with Crippen molar-refractivity contribution in [3.8, 4) is 11.8 Å². The van der Waals surface area contributed by atoms with E-state index in [2.05, 4.69) is 24.5 Å². The second kappa shape index (κ2) is 5.71. The van der Waals surface area contributed by atoms with Crippen molar-refractivity contribution >= 4 is 18.4 Å². The van der Waals surface area contributed by atoms with Crippen molar-refractivity contribution in [2.45, 2.75) is 19.8 Å². The second-order valence-electron chi connectivity index (χ2n) is 1.71. The van der Waals surface area contributed by atoms with E-state index in [4.69, 9.17) is 0 Å². The van der Waals surface area contributed by atoms with Gasteiger partial charge in [-0.25, -0.2) is 0 Å². The fourth-order valence-corrected chi connectivity index (χ4v) is 0.495. The van der Waals surface area contributed by atoms with Crippen LogP contribution in [0.1, 0.15) is 19.8 Å². The van der Waals surface area contributed by atoms with Gasteiger partial charge in [-0.2, -0.15) is 12.6 Å². The Balaban J connectivity index is 3.19.